The summed E-state index contributed by atoms with van der Waals surface area (Å²) in [5.41, 5.74) is 0.715. The number of hydrogen-bond acceptors (Lipinski definition) is 3. The van der Waals surface area contributed by atoms with Crippen LogP contribution in [0, 0.1) is 0 Å². The van der Waals surface area contributed by atoms with Gasteiger partial charge < -0.3 is 5.11 Å². The topological polar surface area (TPSA) is 26.7 Å². The zero-order chi connectivity index (χ0) is 16.1. The zero-order valence-corrected chi connectivity index (χ0v) is 13.5. The Labute approximate surface area is 135 Å². The number of rotatable bonds is 6. The van der Waals surface area contributed by atoms with Crippen molar-refractivity contribution in [2.75, 3.05) is 32.7 Å². The Morgan fingerprint density at radius 2 is 2.00 bits per heavy atom. The standard InChI is InChI=1S/C16H23ClF2N2O/c1-2-12-9-20(7-8-21(12)11-16(18)19)10-15(22)13-5-3-4-6-14(13)17/h3-6,12,15-16,22H,2,7-11H2,1H3. The summed E-state index contributed by atoms with van der Waals surface area (Å²) in [7, 11) is 0. The first-order chi connectivity index (χ1) is 10.5. The van der Waals surface area contributed by atoms with E-state index in [1.807, 2.05) is 30.0 Å². The van der Waals surface area contributed by atoms with Gasteiger partial charge in [0.05, 0.1) is 12.6 Å². The van der Waals surface area contributed by atoms with E-state index in [0.717, 1.165) is 6.42 Å². The highest BCUT2D eigenvalue weighted by Gasteiger charge is 2.28. The van der Waals surface area contributed by atoms with Crippen molar-refractivity contribution in [2.24, 2.45) is 0 Å². The van der Waals surface area contributed by atoms with Crippen molar-refractivity contribution in [1.82, 2.24) is 9.80 Å². The second-order valence-electron chi connectivity index (χ2n) is 5.74. The molecule has 3 nitrogen and oxygen atoms in total. The molecule has 1 aromatic carbocycles. The van der Waals surface area contributed by atoms with Crippen LogP contribution in [0.5, 0.6) is 0 Å². The summed E-state index contributed by atoms with van der Waals surface area (Å²) in [6.45, 7) is 4.31. The van der Waals surface area contributed by atoms with Crippen LogP contribution in [-0.2, 0) is 0 Å². The fourth-order valence-corrected chi connectivity index (χ4v) is 3.28. The summed E-state index contributed by atoms with van der Waals surface area (Å²) in [5.74, 6) is 0. The minimum Gasteiger partial charge on any atom is -0.387 e. The summed E-state index contributed by atoms with van der Waals surface area (Å²) < 4.78 is 25.2. The van der Waals surface area contributed by atoms with Crippen molar-refractivity contribution >= 4 is 11.6 Å². The molecule has 0 spiro atoms. The van der Waals surface area contributed by atoms with Gasteiger partial charge in [-0.1, -0.05) is 36.7 Å². The van der Waals surface area contributed by atoms with Crippen LogP contribution in [0.15, 0.2) is 24.3 Å². The van der Waals surface area contributed by atoms with Gasteiger partial charge in [-0.3, -0.25) is 9.80 Å². The lowest BCUT2D eigenvalue weighted by Gasteiger charge is -2.41. The number of benzene rings is 1. The predicted molar refractivity (Wildman–Crippen MR) is 84.5 cm³/mol. The third-order valence-corrected chi connectivity index (χ3v) is 4.57. The Hall–Kier alpha value is -0.750. The maximum atomic E-state index is 12.6. The van der Waals surface area contributed by atoms with E-state index >= 15 is 0 Å². The van der Waals surface area contributed by atoms with Crippen molar-refractivity contribution in [3.05, 3.63) is 34.9 Å². The molecule has 1 aliphatic heterocycles. The summed E-state index contributed by atoms with van der Waals surface area (Å²) in [6.07, 6.45) is -2.13. The Morgan fingerprint density at radius 3 is 2.64 bits per heavy atom. The van der Waals surface area contributed by atoms with Crippen LogP contribution < -0.4 is 0 Å². The van der Waals surface area contributed by atoms with E-state index in [4.69, 9.17) is 11.6 Å². The molecular weight excluding hydrogens is 310 g/mol. The molecule has 1 saturated heterocycles. The molecule has 22 heavy (non-hydrogen) atoms. The van der Waals surface area contributed by atoms with E-state index in [0.29, 0.717) is 36.8 Å². The van der Waals surface area contributed by atoms with E-state index in [9.17, 15) is 13.9 Å². The van der Waals surface area contributed by atoms with Gasteiger partial charge in [-0.05, 0) is 12.5 Å². The molecule has 1 N–H and O–H groups in total. The average Bonchev–Trinajstić information content (AvgIpc) is 2.48. The highest BCUT2D eigenvalue weighted by Crippen LogP contribution is 2.24. The molecule has 2 unspecified atom stereocenters. The molecule has 0 aromatic heterocycles. The van der Waals surface area contributed by atoms with Crippen molar-refractivity contribution in [3.8, 4) is 0 Å². The first-order valence-electron chi connectivity index (χ1n) is 7.68. The van der Waals surface area contributed by atoms with E-state index in [1.54, 1.807) is 6.07 Å². The minimum absolute atomic E-state index is 0.112. The maximum Gasteiger partial charge on any atom is 0.251 e. The number of halogens is 3. The van der Waals surface area contributed by atoms with Gasteiger partial charge in [0.2, 0.25) is 0 Å². The largest absolute Gasteiger partial charge is 0.387 e. The number of β-amino-alcohol motifs (C(OH)–C–C–N with tert-alkyl or cyclic N) is 1. The van der Waals surface area contributed by atoms with Crippen LogP contribution in [0.25, 0.3) is 0 Å². The zero-order valence-electron chi connectivity index (χ0n) is 12.8. The third-order valence-electron chi connectivity index (χ3n) is 4.23. The van der Waals surface area contributed by atoms with Crippen molar-refractivity contribution in [3.63, 3.8) is 0 Å². The van der Waals surface area contributed by atoms with E-state index in [-0.39, 0.29) is 12.6 Å². The normalized spacial score (nSPS) is 22.2. The van der Waals surface area contributed by atoms with Gasteiger partial charge in [0, 0.05) is 42.8 Å². The van der Waals surface area contributed by atoms with Crippen molar-refractivity contribution < 1.29 is 13.9 Å². The Kier molecular flexibility index (Phi) is 6.56. The number of aliphatic hydroxyl groups excluding tert-OH is 1. The quantitative estimate of drug-likeness (QED) is 0.867. The fraction of sp³-hybridized carbons (Fsp3) is 0.625. The van der Waals surface area contributed by atoms with Gasteiger partial charge in [-0.15, -0.1) is 0 Å². The van der Waals surface area contributed by atoms with Crippen molar-refractivity contribution in [1.29, 1.82) is 0 Å². The van der Waals surface area contributed by atoms with Gasteiger partial charge in [-0.2, -0.15) is 0 Å². The first-order valence-corrected chi connectivity index (χ1v) is 8.06. The number of nitrogens with zero attached hydrogens (tertiary/aromatic N) is 2. The molecule has 124 valence electrons. The molecule has 0 saturated carbocycles. The summed E-state index contributed by atoms with van der Waals surface area (Å²) in [4.78, 5) is 3.98. The monoisotopic (exact) mass is 332 g/mol. The van der Waals surface area contributed by atoms with Crippen LogP contribution in [0.1, 0.15) is 25.0 Å². The summed E-state index contributed by atoms with van der Waals surface area (Å²) in [6, 6.07) is 7.36. The molecular formula is C16H23ClF2N2O. The van der Waals surface area contributed by atoms with Gasteiger partial charge in [0.15, 0.2) is 0 Å². The number of piperazine rings is 1. The molecule has 1 fully saturated rings. The van der Waals surface area contributed by atoms with Gasteiger partial charge in [0.1, 0.15) is 0 Å². The van der Waals surface area contributed by atoms with Crippen molar-refractivity contribution in [2.45, 2.75) is 31.9 Å². The van der Waals surface area contributed by atoms with Crippen LogP contribution in [0.4, 0.5) is 8.78 Å². The van der Waals surface area contributed by atoms with Gasteiger partial charge >= 0.3 is 0 Å². The minimum atomic E-state index is -2.30. The molecule has 2 rings (SSSR count). The highest BCUT2D eigenvalue weighted by atomic mass is 35.5. The van der Waals surface area contributed by atoms with Crippen LogP contribution in [0.3, 0.4) is 0 Å². The SMILES string of the molecule is CCC1CN(CC(O)c2ccccc2Cl)CCN1CC(F)F. The molecule has 0 aliphatic carbocycles. The number of hydrogen-bond donors (Lipinski definition) is 1. The Bertz CT molecular complexity index is 475. The third kappa shape index (κ3) is 4.62. The second-order valence-corrected chi connectivity index (χ2v) is 6.15. The van der Waals surface area contributed by atoms with Gasteiger partial charge in [0.25, 0.3) is 6.43 Å². The molecule has 0 radical (unpaired) electrons. The summed E-state index contributed by atoms with van der Waals surface area (Å²) in [5, 5.41) is 10.9. The number of aliphatic hydroxyl groups is 1. The Morgan fingerprint density at radius 1 is 1.27 bits per heavy atom. The van der Waals surface area contributed by atoms with Crippen LogP contribution in [0.2, 0.25) is 5.02 Å². The average molecular weight is 333 g/mol. The lowest BCUT2D eigenvalue weighted by atomic mass is 10.1. The molecule has 2 atom stereocenters. The van der Waals surface area contributed by atoms with Gasteiger partial charge in [-0.25, -0.2) is 8.78 Å². The molecule has 1 heterocycles. The molecule has 1 aliphatic rings. The first kappa shape index (κ1) is 17.6. The van der Waals surface area contributed by atoms with E-state index < -0.39 is 12.5 Å². The molecule has 6 heteroatoms. The molecule has 1 aromatic rings. The highest BCUT2D eigenvalue weighted by molar-refractivity contribution is 6.31. The number of alkyl halides is 2. The lowest BCUT2D eigenvalue weighted by Crippen LogP contribution is -2.54. The second kappa shape index (κ2) is 8.20. The predicted octanol–water partition coefficient (Wildman–Crippen LogP) is 3.03. The Balaban J connectivity index is 1.93. The fourth-order valence-electron chi connectivity index (χ4n) is 3.02. The maximum absolute atomic E-state index is 12.6. The smallest absolute Gasteiger partial charge is 0.251 e. The lowest BCUT2D eigenvalue weighted by molar-refractivity contribution is 0.00487. The van der Waals surface area contributed by atoms with Crippen LogP contribution in [-0.4, -0.2) is 60.1 Å². The molecule has 0 bridgehead atoms. The van der Waals surface area contributed by atoms with E-state index in [2.05, 4.69) is 4.90 Å². The molecule has 0 amide bonds. The van der Waals surface area contributed by atoms with Crippen LogP contribution >= 0.6 is 11.6 Å². The summed E-state index contributed by atoms with van der Waals surface area (Å²) >= 11 is 6.10. The van der Waals surface area contributed by atoms with E-state index in [1.165, 1.54) is 0 Å².